The lowest BCUT2D eigenvalue weighted by atomic mass is 10.1. The minimum atomic E-state index is -4.59. The fourth-order valence-corrected chi connectivity index (χ4v) is 4.59. The van der Waals surface area contributed by atoms with Gasteiger partial charge >= 0.3 is 6.18 Å². The Hall–Kier alpha value is -4.06. The van der Waals surface area contributed by atoms with Crippen molar-refractivity contribution in [2.45, 2.75) is 39.2 Å². The fourth-order valence-electron chi connectivity index (χ4n) is 4.59. The van der Waals surface area contributed by atoms with E-state index in [0.29, 0.717) is 49.2 Å². The average molecular weight is 544 g/mol. The van der Waals surface area contributed by atoms with E-state index in [2.05, 4.69) is 20.6 Å². The summed E-state index contributed by atoms with van der Waals surface area (Å²) in [6.45, 7) is 7.42. The Morgan fingerprint density at radius 2 is 1.90 bits per heavy atom. The second-order valence-corrected chi connectivity index (χ2v) is 9.60. The van der Waals surface area contributed by atoms with Gasteiger partial charge in [0.15, 0.2) is 5.82 Å². The van der Waals surface area contributed by atoms with Crippen LogP contribution >= 0.6 is 0 Å². The molecule has 5 rings (SSSR count). The molecule has 2 aromatic carbocycles. The summed E-state index contributed by atoms with van der Waals surface area (Å²) < 4.78 is 58.6. The molecule has 0 saturated carbocycles. The van der Waals surface area contributed by atoms with Crippen molar-refractivity contribution in [1.29, 1.82) is 0 Å². The van der Waals surface area contributed by atoms with Crippen molar-refractivity contribution in [3.05, 3.63) is 59.4 Å². The number of hydrogen-bond acceptors (Lipinski definition) is 8. The molecule has 3 aromatic rings. The molecule has 2 aliphatic rings. The summed E-state index contributed by atoms with van der Waals surface area (Å²) in [4.78, 5) is 23.3. The first-order chi connectivity index (χ1) is 18.6. The second-order valence-electron chi connectivity index (χ2n) is 9.60. The van der Waals surface area contributed by atoms with Crippen LogP contribution in [0.4, 0.5) is 30.4 Å². The molecule has 0 radical (unpaired) electrons. The molecule has 1 saturated heterocycles. The lowest BCUT2D eigenvalue weighted by Gasteiger charge is -2.37. The van der Waals surface area contributed by atoms with Crippen molar-refractivity contribution in [1.82, 2.24) is 9.97 Å². The Labute approximate surface area is 223 Å². The fraction of sp³-hybridized carbons (Fsp3) is 0.370. The zero-order chi connectivity index (χ0) is 27.7. The van der Waals surface area contributed by atoms with Gasteiger partial charge < -0.3 is 29.7 Å². The molecule has 1 aromatic heterocycles. The van der Waals surface area contributed by atoms with Gasteiger partial charge in [-0.05, 0) is 56.7 Å². The summed E-state index contributed by atoms with van der Waals surface area (Å²) in [5, 5.41) is 5.72. The smallest absolute Gasteiger partial charge is 0.416 e. The molecule has 2 N–H and O–H groups in total. The van der Waals surface area contributed by atoms with Crippen LogP contribution in [0.1, 0.15) is 35.3 Å². The van der Waals surface area contributed by atoms with E-state index >= 15 is 0 Å². The van der Waals surface area contributed by atoms with Gasteiger partial charge in [0.25, 0.3) is 11.8 Å². The maximum atomic E-state index is 13.8. The van der Waals surface area contributed by atoms with E-state index in [1.807, 2.05) is 18.7 Å². The first kappa shape index (κ1) is 26.5. The molecule has 2 atom stereocenters. The lowest BCUT2D eigenvalue weighted by molar-refractivity contribution is -0.137. The number of alkyl halides is 3. The molecule has 0 aliphatic carbocycles. The van der Waals surface area contributed by atoms with Crippen molar-refractivity contribution in [2.75, 3.05) is 41.8 Å². The Morgan fingerprint density at radius 1 is 1.13 bits per heavy atom. The van der Waals surface area contributed by atoms with Crippen LogP contribution in [0.3, 0.4) is 0 Å². The largest absolute Gasteiger partial charge is 0.483 e. The number of aryl methyl sites for hydroxylation is 1. The predicted molar refractivity (Wildman–Crippen MR) is 139 cm³/mol. The highest BCUT2D eigenvalue weighted by atomic mass is 19.4. The minimum absolute atomic E-state index is 0.0315. The van der Waals surface area contributed by atoms with Gasteiger partial charge in [-0.3, -0.25) is 4.79 Å². The normalized spacial score (nSPS) is 19.0. The molecule has 39 heavy (non-hydrogen) atoms. The number of hydrogen-bond donors (Lipinski definition) is 2. The number of fused-ring (bicyclic) bond motifs is 1. The highest BCUT2D eigenvalue weighted by Crippen LogP contribution is 2.38. The number of nitrogens with one attached hydrogen (secondary N) is 2. The Bertz CT molecular complexity index is 1370. The quantitative estimate of drug-likeness (QED) is 0.450. The van der Waals surface area contributed by atoms with Crippen molar-refractivity contribution >= 4 is 23.1 Å². The number of benzene rings is 2. The Morgan fingerprint density at radius 3 is 2.64 bits per heavy atom. The summed E-state index contributed by atoms with van der Waals surface area (Å²) in [5.41, 5.74) is 0.461. The van der Waals surface area contributed by atoms with Gasteiger partial charge in [0.2, 0.25) is 5.75 Å². The summed E-state index contributed by atoms with van der Waals surface area (Å²) in [5.74, 6) is 0.808. The third kappa shape index (κ3) is 6.00. The number of anilines is 3. The zero-order valence-corrected chi connectivity index (χ0v) is 21.6. The summed E-state index contributed by atoms with van der Waals surface area (Å²) in [6.07, 6.45) is -3.54. The number of aromatic nitrogens is 2. The molecule has 1 fully saturated rings. The van der Waals surface area contributed by atoms with Crippen molar-refractivity contribution in [3.63, 3.8) is 0 Å². The minimum Gasteiger partial charge on any atom is -0.483 e. The molecule has 12 heteroatoms. The number of nitrogens with zero attached hydrogens (tertiary/aromatic N) is 3. The third-order valence-electron chi connectivity index (χ3n) is 6.36. The summed E-state index contributed by atoms with van der Waals surface area (Å²) in [7, 11) is 0. The van der Waals surface area contributed by atoms with E-state index in [4.69, 9.17) is 14.2 Å². The van der Waals surface area contributed by atoms with Gasteiger partial charge in [-0.2, -0.15) is 18.2 Å². The standard InChI is InChI=1S/C27H28F3N5O4/c1-15-4-5-18(8-22(15)39-26-23-24(32-14-33-26)31-6-7-37-23)25(36)34-20-9-19(27(28,29)30)10-21(11-20)35-12-16(2)38-17(3)13-35/h4-5,8-11,14,16-17H,6-7,12-13H2,1-3H3,(H,34,36)(H,31,32,33)/t16-,17+. The highest BCUT2D eigenvalue weighted by molar-refractivity contribution is 6.05. The molecule has 2 aliphatic heterocycles. The predicted octanol–water partition coefficient (Wildman–Crippen LogP) is 5.27. The number of carbonyl (C=O) groups excluding carboxylic acids is 1. The van der Waals surface area contributed by atoms with Gasteiger partial charge in [0.1, 0.15) is 18.7 Å². The van der Waals surface area contributed by atoms with Crippen LogP contribution in [-0.4, -0.2) is 54.3 Å². The van der Waals surface area contributed by atoms with Crippen LogP contribution in [0.25, 0.3) is 0 Å². The van der Waals surface area contributed by atoms with E-state index in [0.717, 1.165) is 17.7 Å². The van der Waals surface area contributed by atoms with Crippen LogP contribution in [0.15, 0.2) is 42.7 Å². The monoisotopic (exact) mass is 543 g/mol. The molecule has 0 unspecified atom stereocenters. The third-order valence-corrected chi connectivity index (χ3v) is 6.36. The van der Waals surface area contributed by atoms with Crippen LogP contribution in [-0.2, 0) is 10.9 Å². The molecule has 3 heterocycles. The van der Waals surface area contributed by atoms with E-state index < -0.39 is 17.6 Å². The van der Waals surface area contributed by atoms with Crippen LogP contribution in [0, 0.1) is 6.92 Å². The lowest BCUT2D eigenvalue weighted by Crippen LogP contribution is -2.45. The number of carbonyl (C=O) groups is 1. The average Bonchev–Trinajstić information content (AvgIpc) is 2.89. The maximum absolute atomic E-state index is 13.8. The zero-order valence-electron chi connectivity index (χ0n) is 21.6. The number of rotatable bonds is 5. The second kappa shape index (κ2) is 10.6. The summed E-state index contributed by atoms with van der Waals surface area (Å²) in [6, 6.07) is 8.33. The SMILES string of the molecule is Cc1ccc(C(=O)Nc2cc(N3C[C@@H](C)O[C@@H](C)C3)cc(C(F)(F)F)c2)cc1Oc1ncnc2c1OCCN2. The number of halogens is 3. The van der Waals surface area contributed by atoms with Crippen LogP contribution < -0.4 is 25.0 Å². The first-order valence-corrected chi connectivity index (χ1v) is 12.5. The molecule has 206 valence electrons. The van der Waals surface area contributed by atoms with E-state index in [1.165, 1.54) is 12.4 Å². The molecular weight excluding hydrogens is 515 g/mol. The first-order valence-electron chi connectivity index (χ1n) is 12.5. The maximum Gasteiger partial charge on any atom is 0.416 e. The summed E-state index contributed by atoms with van der Waals surface area (Å²) >= 11 is 0. The van der Waals surface area contributed by atoms with Gasteiger partial charge in [-0.15, -0.1) is 0 Å². The Kier molecular flexibility index (Phi) is 7.21. The van der Waals surface area contributed by atoms with E-state index in [9.17, 15) is 18.0 Å². The van der Waals surface area contributed by atoms with Crippen molar-refractivity contribution in [3.8, 4) is 17.4 Å². The van der Waals surface area contributed by atoms with Crippen LogP contribution in [0.5, 0.6) is 17.4 Å². The van der Waals surface area contributed by atoms with Gasteiger partial charge in [-0.25, -0.2) is 4.98 Å². The number of ether oxygens (including phenoxy) is 3. The van der Waals surface area contributed by atoms with Crippen molar-refractivity contribution in [2.24, 2.45) is 0 Å². The Balaban J connectivity index is 1.41. The van der Waals surface area contributed by atoms with E-state index in [1.54, 1.807) is 25.1 Å². The van der Waals surface area contributed by atoms with Gasteiger partial charge in [0, 0.05) is 30.0 Å². The van der Waals surface area contributed by atoms with Crippen LogP contribution in [0.2, 0.25) is 0 Å². The molecule has 9 nitrogen and oxygen atoms in total. The molecule has 0 bridgehead atoms. The van der Waals surface area contributed by atoms with Crippen molar-refractivity contribution < 1.29 is 32.2 Å². The highest BCUT2D eigenvalue weighted by Gasteiger charge is 2.33. The topological polar surface area (TPSA) is 97.8 Å². The number of amides is 1. The molecule has 1 amide bonds. The van der Waals surface area contributed by atoms with Gasteiger partial charge in [-0.1, -0.05) is 6.07 Å². The van der Waals surface area contributed by atoms with E-state index in [-0.39, 0.29) is 29.3 Å². The van der Waals surface area contributed by atoms with Gasteiger partial charge in [0.05, 0.1) is 24.3 Å². The number of morpholine rings is 1. The molecule has 0 spiro atoms. The molecular formula is C27H28F3N5O4.